The summed E-state index contributed by atoms with van der Waals surface area (Å²) < 4.78 is 10.9. The first-order valence-electron chi connectivity index (χ1n) is 7.38. The van der Waals surface area contributed by atoms with Crippen LogP contribution in [-0.2, 0) is 0 Å². The standard InChI is InChI=1S/C16H25NO2/c1-18-15-8-7-9-16(14-15)19-13-6-2-3-10-17-11-4-5-12-17/h7-9,14H,2-6,10-13H2,1H3. The molecule has 0 spiro atoms. The molecule has 0 atom stereocenters. The summed E-state index contributed by atoms with van der Waals surface area (Å²) in [7, 11) is 1.68. The molecule has 19 heavy (non-hydrogen) atoms. The predicted molar refractivity (Wildman–Crippen MR) is 78.0 cm³/mol. The molecule has 0 aliphatic carbocycles. The maximum atomic E-state index is 5.73. The second-order valence-corrected chi connectivity index (χ2v) is 5.14. The molecule has 0 radical (unpaired) electrons. The summed E-state index contributed by atoms with van der Waals surface area (Å²) in [4.78, 5) is 2.57. The van der Waals surface area contributed by atoms with E-state index in [2.05, 4.69) is 4.90 Å². The van der Waals surface area contributed by atoms with Gasteiger partial charge in [0.2, 0.25) is 0 Å². The lowest BCUT2D eigenvalue weighted by Gasteiger charge is -2.14. The number of hydrogen-bond donors (Lipinski definition) is 0. The highest BCUT2D eigenvalue weighted by molar-refractivity contribution is 5.32. The Labute approximate surface area is 116 Å². The van der Waals surface area contributed by atoms with Crippen LogP contribution in [-0.4, -0.2) is 38.3 Å². The van der Waals surface area contributed by atoms with Gasteiger partial charge in [0.15, 0.2) is 0 Å². The molecule has 1 aromatic carbocycles. The number of unbranched alkanes of at least 4 members (excludes halogenated alkanes) is 2. The fraction of sp³-hybridized carbons (Fsp3) is 0.625. The average Bonchev–Trinajstić information content (AvgIpc) is 2.96. The number of rotatable bonds is 8. The molecule has 1 aliphatic rings. The average molecular weight is 263 g/mol. The lowest BCUT2D eigenvalue weighted by molar-refractivity contribution is 0.289. The molecule has 0 unspecified atom stereocenters. The Bertz CT molecular complexity index is 362. The van der Waals surface area contributed by atoms with Gasteiger partial charge in [-0.05, 0) is 63.9 Å². The maximum Gasteiger partial charge on any atom is 0.122 e. The zero-order valence-electron chi connectivity index (χ0n) is 11.9. The number of ether oxygens (including phenoxy) is 2. The van der Waals surface area contributed by atoms with Crippen molar-refractivity contribution in [2.75, 3.05) is 33.4 Å². The molecule has 3 nitrogen and oxygen atoms in total. The Hall–Kier alpha value is -1.22. The lowest BCUT2D eigenvalue weighted by atomic mass is 10.2. The van der Waals surface area contributed by atoms with E-state index in [9.17, 15) is 0 Å². The summed E-state index contributed by atoms with van der Waals surface area (Å²) in [6, 6.07) is 7.81. The van der Waals surface area contributed by atoms with Gasteiger partial charge in [0.25, 0.3) is 0 Å². The largest absolute Gasteiger partial charge is 0.497 e. The smallest absolute Gasteiger partial charge is 0.122 e. The minimum absolute atomic E-state index is 0.799. The molecular weight excluding hydrogens is 238 g/mol. The molecule has 0 amide bonds. The highest BCUT2D eigenvalue weighted by Gasteiger charge is 2.09. The van der Waals surface area contributed by atoms with Gasteiger partial charge in [-0.1, -0.05) is 6.07 Å². The topological polar surface area (TPSA) is 21.7 Å². The van der Waals surface area contributed by atoms with Gasteiger partial charge in [-0.25, -0.2) is 0 Å². The van der Waals surface area contributed by atoms with Crippen molar-refractivity contribution in [3.63, 3.8) is 0 Å². The van der Waals surface area contributed by atoms with E-state index < -0.39 is 0 Å². The summed E-state index contributed by atoms with van der Waals surface area (Å²) >= 11 is 0. The van der Waals surface area contributed by atoms with Gasteiger partial charge in [-0.15, -0.1) is 0 Å². The van der Waals surface area contributed by atoms with E-state index in [-0.39, 0.29) is 0 Å². The van der Waals surface area contributed by atoms with Crippen molar-refractivity contribution in [1.29, 1.82) is 0 Å². The van der Waals surface area contributed by atoms with Crippen LogP contribution in [0.2, 0.25) is 0 Å². The summed E-state index contributed by atoms with van der Waals surface area (Å²) in [5, 5.41) is 0. The molecule has 1 heterocycles. The van der Waals surface area contributed by atoms with Crippen molar-refractivity contribution >= 4 is 0 Å². The summed E-state index contributed by atoms with van der Waals surface area (Å²) in [6.07, 6.45) is 6.45. The van der Waals surface area contributed by atoms with Crippen LogP contribution < -0.4 is 9.47 Å². The number of likely N-dealkylation sites (tertiary alicyclic amines) is 1. The van der Waals surface area contributed by atoms with Gasteiger partial charge in [0.1, 0.15) is 11.5 Å². The molecule has 0 bridgehead atoms. The van der Waals surface area contributed by atoms with E-state index in [4.69, 9.17) is 9.47 Å². The van der Waals surface area contributed by atoms with Crippen LogP contribution in [0, 0.1) is 0 Å². The number of nitrogens with zero attached hydrogens (tertiary/aromatic N) is 1. The van der Waals surface area contributed by atoms with Gasteiger partial charge < -0.3 is 14.4 Å². The van der Waals surface area contributed by atoms with Crippen molar-refractivity contribution in [2.24, 2.45) is 0 Å². The Morgan fingerprint density at radius 2 is 1.84 bits per heavy atom. The van der Waals surface area contributed by atoms with Crippen molar-refractivity contribution in [3.05, 3.63) is 24.3 Å². The molecule has 1 saturated heterocycles. The quantitative estimate of drug-likeness (QED) is 0.671. The van der Waals surface area contributed by atoms with Gasteiger partial charge in [-0.2, -0.15) is 0 Å². The summed E-state index contributed by atoms with van der Waals surface area (Å²) in [5.41, 5.74) is 0. The molecule has 0 aromatic heterocycles. The van der Waals surface area contributed by atoms with E-state index in [1.165, 1.54) is 45.3 Å². The van der Waals surface area contributed by atoms with Crippen molar-refractivity contribution in [1.82, 2.24) is 4.90 Å². The van der Waals surface area contributed by atoms with Gasteiger partial charge in [0.05, 0.1) is 13.7 Å². The molecule has 1 aliphatic heterocycles. The Morgan fingerprint density at radius 1 is 1.05 bits per heavy atom. The lowest BCUT2D eigenvalue weighted by Crippen LogP contribution is -2.20. The van der Waals surface area contributed by atoms with E-state index in [1.54, 1.807) is 7.11 Å². The zero-order chi connectivity index (χ0) is 13.3. The second-order valence-electron chi connectivity index (χ2n) is 5.14. The minimum Gasteiger partial charge on any atom is -0.497 e. The fourth-order valence-corrected chi connectivity index (χ4v) is 2.50. The Balaban J connectivity index is 1.53. The zero-order valence-corrected chi connectivity index (χ0v) is 11.9. The third-order valence-electron chi connectivity index (χ3n) is 3.63. The van der Waals surface area contributed by atoms with E-state index in [0.29, 0.717) is 0 Å². The van der Waals surface area contributed by atoms with E-state index >= 15 is 0 Å². The third-order valence-corrected chi connectivity index (χ3v) is 3.63. The van der Waals surface area contributed by atoms with Crippen LogP contribution in [0.1, 0.15) is 32.1 Å². The first-order valence-corrected chi connectivity index (χ1v) is 7.38. The van der Waals surface area contributed by atoms with Crippen LogP contribution >= 0.6 is 0 Å². The van der Waals surface area contributed by atoms with Crippen LogP contribution in [0.25, 0.3) is 0 Å². The highest BCUT2D eigenvalue weighted by atomic mass is 16.5. The van der Waals surface area contributed by atoms with Crippen LogP contribution in [0.4, 0.5) is 0 Å². The number of methoxy groups -OCH3 is 1. The fourth-order valence-electron chi connectivity index (χ4n) is 2.50. The van der Waals surface area contributed by atoms with Crippen LogP contribution in [0.5, 0.6) is 11.5 Å². The van der Waals surface area contributed by atoms with Gasteiger partial charge >= 0.3 is 0 Å². The first-order chi connectivity index (χ1) is 9.38. The molecule has 106 valence electrons. The molecular formula is C16H25NO2. The molecule has 3 heteroatoms. The molecule has 2 rings (SSSR count). The Morgan fingerprint density at radius 3 is 2.63 bits per heavy atom. The first kappa shape index (κ1) is 14.2. The van der Waals surface area contributed by atoms with E-state index in [1.807, 2.05) is 24.3 Å². The van der Waals surface area contributed by atoms with Crippen LogP contribution in [0.3, 0.4) is 0 Å². The number of benzene rings is 1. The maximum absolute atomic E-state index is 5.73. The van der Waals surface area contributed by atoms with Gasteiger partial charge in [-0.3, -0.25) is 0 Å². The molecule has 0 N–H and O–H groups in total. The van der Waals surface area contributed by atoms with Crippen molar-refractivity contribution < 1.29 is 9.47 Å². The Kier molecular flexibility index (Phi) is 6.02. The normalized spacial score (nSPS) is 15.6. The summed E-state index contributed by atoms with van der Waals surface area (Å²) in [5.74, 6) is 1.76. The second kappa shape index (κ2) is 8.05. The summed E-state index contributed by atoms with van der Waals surface area (Å²) in [6.45, 7) is 4.67. The molecule has 1 fully saturated rings. The molecule has 0 saturated carbocycles. The minimum atomic E-state index is 0.799. The van der Waals surface area contributed by atoms with Crippen LogP contribution in [0.15, 0.2) is 24.3 Å². The monoisotopic (exact) mass is 263 g/mol. The highest BCUT2D eigenvalue weighted by Crippen LogP contribution is 2.19. The predicted octanol–water partition coefficient (Wildman–Crippen LogP) is 3.34. The van der Waals surface area contributed by atoms with E-state index in [0.717, 1.165) is 24.5 Å². The SMILES string of the molecule is COc1cccc(OCCCCCN2CCCC2)c1. The van der Waals surface area contributed by atoms with Gasteiger partial charge in [0, 0.05) is 6.07 Å². The van der Waals surface area contributed by atoms with Crippen molar-refractivity contribution in [3.8, 4) is 11.5 Å². The number of hydrogen-bond acceptors (Lipinski definition) is 3. The van der Waals surface area contributed by atoms with Crippen molar-refractivity contribution in [2.45, 2.75) is 32.1 Å². The molecule has 1 aromatic rings. The third kappa shape index (κ3) is 5.11.